The van der Waals surface area contributed by atoms with Crippen molar-refractivity contribution in [3.63, 3.8) is 0 Å². The summed E-state index contributed by atoms with van der Waals surface area (Å²) in [5, 5.41) is 27.6. The van der Waals surface area contributed by atoms with Gasteiger partial charge in [-0.15, -0.1) is 0 Å². The predicted molar refractivity (Wildman–Crippen MR) is 115 cm³/mol. The van der Waals surface area contributed by atoms with Crippen molar-refractivity contribution in [2.75, 3.05) is 31.1 Å². The number of carbonyl (C=O) groups excluding carboxylic acids is 1. The van der Waals surface area contributed by atoms with E-state index in [1.807, 2.05) is 35.2 Å². The molecule has 158 valence electrons. The number of likely N-dealkylation sites (tertiary alicyclic amines) is 1. The fourth-order valence-corrected chi connectivity index (χ4v) is 5.39. The number of hydrogen-bond acceptors (Lipinski definition) is 4. The van der Waals surface area contributed by atoms with Crippen molar-refractivity contribution in [1.29, 1.82) is 0 Å². The summed E-state index contributed by atoms with van der Waals surface area (Å²) < 4.78 is 0. The Bertz CT molecular complexity index is 728. The predicted octanol–water partition coefficient (Wildman–Crippen LogP) is -0.955. The zero-order chi connectivity index (χ0) is 20.4. The van der Waals surface area contributed by atoms with Crippen molar-refractivity contribution < 1.29 is 19.9 Å². The Morgan fingerprint density at radius 2 is 1.93 bits per heavy atom. The third-order valence-corrected chi connectivity index (χ3v) is 6.87. The van der Waals surface area contributed by atoms with Crippen LogP contribution in [0, 0.1) is 5.92 Å². The number of nitrogens with zero attached hydrogens (tertiary/aromatic N) is 1. The van der Waals surface area contributed by atoms with E-state index in [-0.39, 0.29) is 18.4 Å². The van der Waals surface area contributed by atoms with Crippen LogP contribution in [0.2, 0.25) is 0 Å². The summed E-state index contributed by atoms with van der Waals surface area (Å²) in [5.74, 6) is -0.530. The van der Waals surface area contributed by atoms with Crippen LogP contribution in [0.5, 0.6) is 0 Å². The molecule has 5 atom stereocenters. The first-order chi connectivity index (χ1) is 14.1. The normalized spacial score (nSPS) is 32.6. The van der Waals surface area contributed by atoms with E-state index in [4.69, 9.17) is 12.2 Å². The molecule has 0 unspecified atom stereocenters. The van der Waals surface area contributed by atoms with Crippen molar-refractivity contribution >= 4 is 28.9 Å². The average molecular weight is 420 g/mol. The van der Waals surface area contributed by atoms with Gasteiger partial charge in [-0.3, -0.25) is 4.79 Å². The number of aliphatic hydroxyl groups excluding tert-OH is 2. The van der Waals surface area contributed by atoms with Crippen LogP contribution in [0.3, 0.4) is 0 Å². The fraction of sp³-hybridized carbons (Fsp3) is 0.619. The van der Waals surface area contributed by atoms with Crippen LogP contribution < -0.4 is 20.4 Å². The average Bonchev–Trinajstić information content (AvgIpc) is 3.09. The minimum absolute atomic E-state index is 0.0743. The van der Waals surface area contributed by atoms with Crippen LogP contribution in [0.25, 0.3) is 0 Å². The van der Waals surface area contributed by atoms with Crippen molar-refractivity contribution in [2.45, 2.75) is 50.0 Å². The zero-order valence-corrected chi connectivity index (χ0v) is 17.4. The van der Waals surface area contributed by atoms with E-state index < -0.39 is 24.2 Å². The van der Waals surface area contributed by atoms with Crippen molar-refractivity contribution in [3.8, 4) is 0 Å². The number of nitrogens with one attached hydrogen (secondary N) is 3. The molecule has 29 heavy (non-hydrogen) atoms. The summed E-state index contributed by atoms with van der Waals surface area (Å²) >= 11 is 5.53. The van der Waals surface area contributed by atoms with Gasteiger partial charge in [0.05, 0.1) is 50.3 Å². The monoisotopic (exact) mass is 419 g/mol. The quantitative estimate of drug-likeness (QED) is 0.396. The Morgan fingerprint density at radius 3 is 2.66 bits per heavy atom. The highest BCUT2D eigenvalue weighted by atomic mass is 32.1. The number of thiocarbonyl (C=S) groups is 1. The number of fused-ring (bicyclic) bond motifs is 1. The van der Waals surface area contributed by atoms with Crippen LogP contribution in [-0.2, 0) is 4.79 Å². The van der Waals surface area contributed by atoms with E-state index in [0.717, 1.165) is 12.2 Å². The highest BCUT2D eigenvalue weighted by Gasteiger charge is 2.53. The Kier molecular flexibility index (Phi) is 6.34. The Balaban J connectivity index is 1.48. The number of benzene rings is 1. The third kappa shape index (κ3) is 4.26. The number of hydrogen-bond donors (Lipinski definition) is 5. The number of amides is 1. The summed E-state index contributed by atoms with van der Waals surface area (Å²) in [6.07, 6.45) is 2.13. The molecular formula is C21H31N4O3S+. The van der Waals surface area contributed by atoms with E-state index >= 15 is 0 Å². The van der Waals surface area contributed by atoms with Gasteiger partial charge in [0.1, 0.15) is 6.10 Å². The van der Waals surface area contributed by atoms with E-state index in [1.54, 1.807) is 4.90 Å². The minimum Gasteiger partial charge on any atom is -0.390 e. The van der Waals surface area contributed by atoms with Gasteiger partial charge >= 0.3 is 0 Å². The van der Waals surface area contributed by atoms with E-state index in [0.29, 0.717) is 11.7 Å². The summed E-state index contributed by atoms with van der Waals surface area (Å²) in [6, 6.07) is 8.87. The van der Waals surface area contributed by atoms with Crippen LogP contribution in [0.15, 0.2) is 30.3 Å². The Labute approximate surface area is 177 Å². The first-order valence-corrected chi connectivity index (χ1v) is 11.1. The largest absolute Gasteiger partial charge is 0.390 e. The number of para-hydroxylation sites is 1. The van der Waals surface area contributed by atoms with Crippen LogP contribution >= 0.6 is 12.2 Å². The molecule has 0 bridgehead atoms. The topological polar surface area (TPSA) is 89.3 Å². The lowest BCUT2D eigenvalue weighted by Gasteiger charge is -2.41. The molecule has 1 saturated carbocycles. The molecule has 7 nitrogen and oxygen atoms in total. The molecule has 2 heterocycles. The number of rotatable bonds is 5. The van der Waals surface area contributed by atoms with Gasteiger partial charge in [-0.25, -0.2) is 0 Å². The molecule has 0 radical (unpaired) electrons. The lowest BCUT2D eigenvalue weighted by molar-refractivity contribution is -0.903. The maximum Gasteiger partial charge on any atom is 0.225 e. The number of aliphatic hydroxyl groups is 2. The van der Waals surface area contributed by atoms with Crippen molar-refractivity contribution in [1.82, 2.24) is 10.6 Å². The van der Waals surface area contributed by atoms with Crippen molar-refractivity contribution in [2.24, 2.45) is 5.92 Å². The fourth-order valence-electron chi connectivity index (χ4n) is 5.02. The van der Waals surface area contributed by atoms with Crippen molar-refractivity contribution in [3.05, 3.63) is 30.3 Å². The Morgan fingerprint density at radius 1 is 1.21 bits per heavy atom. The molecule has 0 aromatic heterocycles. The molecule has 8 heteroatoms. The number of anilines is 1. The maximum absolute atomic E-state index is 13.1. The lowest BCUT2D eigenvalue weighted by atomic mass is 9.77. The molecule has 1 aromatic carbocycles. The number of quaternary nitrogens is 1. The van der Waals surface area contributed by atoms with Crippen LogP contribution in [-0.4, -0.2) is 71.7 Å². The van der Waals surface area contributed by atoms with E-state index in [1.165, 1.54) is 32.4 Å². The molecule has 3 fully saturated rings. The molecule has 2 aliphatic heterocycles. The second kappa shape index (κ2) is 8.95. The van der Waals surface area contributed by atoms with Gasteiger partial charge in [-0.1, -0.05) is 18.2 Å². The van der Waals surface area contributed by atoms with Gasteiger partial charge in [-0.05, 0) is 50.0 Å². The molecule has 5 N–H and O–H groups in total. The van der Waals surface area contributed by atoms with Gasteiger partial charge < -0.3 is 30.6 Å². The van der Waals surface area contributed by atoms with E-state index in [2.05, 4.69) is 10.6 Å². The summed E-state index contributed by atoms with van der Waals surface area (Å²) in [5.41, 5.74) is 0.886. The molecule has 1 aromatic rings. The van der Waals surface area contributed by atoms with E-state index in [9.17, 15) is 15.0 Å². The molecule has 2 saturated heterocycles. The first-order valence-electron chi connectivity index (χ1n) is 10.7. The molecule has 4 rings (SSSR count). The number of carbonyl (C=O) groups is 1. The summed E-state index contributed by atoms with van der Waals surface area (Å²) in [7, 11) is 0. The van der Waals surface area contributed by atoms with Crippen LogP contribution in [0.4, 0.5) is 5.69 Å². The molecule has 1 aliphatic carbocycles. The SMILES string of the molecule is O=C(NCC[NH+]1CCCCC1)[C@@H]1C[C@@H](O)[C@H](O)[C@@H]2NC(=S)N(c3ccccc3)[C@@H]21. The molecule has 3 aliphatic rings. The van der Waals surface area contributed by atoms with Gasteiger partial charge in [0.2, 0.25) is 5.91 Å². The van der Waals surface area contributed by atoms with Gasteiger partial charge in [-0.2, -0.15) is 0 Å². The van der Waals surface area contributed by atoms with Gasteiger partial charge in [0, 0.05) is 5.69 Å². The molecule has 1 amide bonds. The highest BCUT2D eigenvalue weighted by Crippen LogP contribution is 2.36. The zero-order valence-electron chi connectivity index (χ0n) is 16.6. The standard InChI is InChI=1S/C21H30N4O3S/c26-16-13-15(20(28)22-9-12-24-10-5-2-6-11-24)18-17(19(16)27)23-21(29)25(18)14-7-3-1-4-8-14/h1,3-4,7-8,15-19,26-27H,2,5-6,9-13H2,(H,22,28)(H,23,29)/p+1/t15-,16-,17-,18-,19+/m1/s1. The summed E-state index contributed by atoms with van der Waals surface area (Å²) in [6.45, 7) is 3.91. The highest BCUT2D eigenvalue weighted by molar-refractivity contribution is 7.80. The lowest BCUT2D eigenvalue weighted by Crippen LogP contribution is -3.13. The van der Waals surface area contributed by atoms with Gasteiger partial charge in [0.15, 0.2) is 5.11 Å². The second-order valence-electron chi connectivity index (χ2n) is 8.42. The Hall–Kier alpha value is -1.74. The second-order valence-corrected chi connectivity index (χ2v) is 8.81. The maximum atomic E-state index is 13.1. The summed E-state index contributed by atoms with van der Waals surface area (Å²) in [4.78, 5) is 16.6. The smallest absolute Gasteiger partial charge is 0.225 e. The van der Waals surface area contributed by atoms with Crippen LogP contribution in [0.1, 0.15) is 25.7 Å². The number of piperidine rings is 1. The molecular weight excluding hydrogens is 388 g/mol. The first kappa shape index (κ1) is 20.5. The minimum atomic E-state index is -0.964. The third-order valence-electron chi connectivity index (χ3n) is 6.55. The van der Waals surface area contributed by atoms with Gasteiger partial charge in [0.25, 0.3) is 0 Å². The molecule has 0 spiro atoms.